The van der Waals surface area contributed by atoms with Crippen LogP contribution in [0.1, 0.15) is 122 Å². The first-order chi connectivity index (χ1) is 42.0. The number of amides is 6. The minimum Gasteiger partial charge on any atom is -0.444 e. The number of anilines is 3. The van der Waals surface area contributed by atoms with Gasteiger partial charge in [0.1, 0.15) is 40.4 Å². The molecular formula is C67H85F3N8O11. The van der Waals surface area contributed by atoms with Gasteiger partial charge in [0.25, 0.3) is 5.91 Å². The number of fused-ring (bicyclic) bond motifs is 2. The molecule has 2 N–H and O–H groups in total. The highest BCUT2D eigenvalue weighted by Gasteiger charge is 2.49. The molecule has 7 atom stereocenters. The molecule has 0 bridgehead atoms. The van der Waals surface area contributed by atoms with E-state index in [-0.39, 0.29) is 73.1 Å². The van der Waals surface area contributed by atoms with Crippen LogP contribution < -0.4 is 15.5 Å². The Morgan fingerprint density at radius 1 is 0.775 bits per heavy atom. The number of likely N-dealkylation sites (N-methyl/N-ethyl adjacent to an activating group) is 1. The summed E-state index contributed by atoms with van der Waals surface area (Å²) in [4.78, 5) is 112. The molecule has 0 saturated carbocycles. The van der Waals surface area contributed by atoms with Gasteiger partial charge in [-0.3, -0.25) is 33.8 Å². The molecule has 5 heterocycles. The van der Waals surface area contributed by atoms with Crippen molar-refractivity contribution >= 4 is 58.7 Å². The van der Waals surface area contributed by atoms with Gasteiger partial charge in [0.15, 0.2) is 5.78 Å². The van der Waals surface area contributed by atoms with E-state index in [0.717, 1.165) is 29.3 Å². The van der Waals surface area contributed by atoms with Crippen LogP contribution in [0.2, 0.25) is 0 Å². The minimum atomic E-state index is -1.52. The second-order valence-electron chi connectivity index (χ2n) is 26.8. The lowest BCUT2D eigenvalue weighted by Crippen LogP contribution is -2.64. The van der Waals surface area contributed by atoms with Crippen molar-refractivity contribution in [3.8, 4) is 0 Å². The summed E-state index contributed by atoms with van der Waals surface area (Å²) in [5.74, 6) is -6.64. The fourth-order valence-electron chi connectivity index (χ4n) is 12.7. The van der Waals surface area contributed by atoms with Crippen LogP contribution in [0, 0.1) is 29.3 Å². The van der Waals surface area contributed by atoms with Crippen molar-refractivity contribution in [1.29, 1.82) is 0 Å². The van der Waals surface area contributed by atoms with E-state index in [1.807, 2.05) is 45.9 Å². The van der Waals surface area contributed by atoms with E-state index in [2.05, 4.69) is 27.4 Å². The van der Waals surface area contributed by atoms with Crippen LogP contribution in [-0.4, -0.2) is 174 Å². The Morgan fingerprint density at radius 2 is 1.45 bits per heavy atom. The quantitative estimate of drug-likeness (QED) is 0.108. The first kappa shape index (κ1) is 66.0. The van der Waals surface area contributed by atoms with Crippen molar-refractivity contribution in [1.82, 2.24) is 24.5 Å². The number of ether oxygens (including phenoxy) is 4. The number of hydrogen-bond acceptors (Lipinski definition) is 13. The van der Waals surface area contributed by atoms with Crippen LogP contribution in [0.5, 0.6) is 0 Å². The number of halogens is 3. The molecule has 4 aromatic rings. The van der Waals surface area contributed by atoms with Crippen molar-refractivity contribution in [2.24, 2.45) is 11.8 Å². The smallest absolute Gasteiger partial charge is 0.410 e. The van der Waals surface area contributed by atoms with Crippen molar-refractivity contribution in [3.05, 3.63) is 124 Å². The van der Waals surface area contributed by atoms with Crippen molar-refractivity contribution in [2.75, 3.05) is 88.3 Å². The van der Waals surface area contributed by atoms with Gasteiger partial charge in [-0.1, -0.05) is 36.4 Å². The van der Waals surface area contributed by atoms with Gasteiger partial charge in [-0.15, -0.1) is 0 Å². The lowest BCUT2D eigenvalue weighted by Gasteiger charge is -2.47. The second-order valence-corrected chi connectivity index (χ2v) is 26.8. The van der Waals surface area contributed by atoms with Gasteiger partial charge in [0.2, 0.25) is 17.7 Å². The number of benzene rings is 4. The zero-order valence-electron chi connectivity index (χ0n) is 53.0. The Balaban J connectivity index is 1.02. The number of nitrogens with zero attached hydrogens (tertiary/aromatic N) is 6. The maximum atomic E-state index is 15.4. The molecule has 3 saturated heterocycles. The molecule has 0 spiro atoms. The number of nitrogens with one attached hydrogen (secondary N) is 2. The average molecular weight is 1240 g/mol. The molecule has 0 aromatic heterocycles. The maximum Gasteiger partial charge on any atom is 0.410 e. The molecule has 22 heteroatoms. The zero-order valence-corrected chi connectivity index (χ0v) is 53.0. The summed E-state index contributed by atoms with van der Waals surface area (Å²) in [6, 6.07) is 16.7. The van der Waals surface area contributed by atoms with E-state index in [1.54, 1.807) is 74.8 Å². The third kappa shape index (κ3) is 15.3. The monoisotopic (exact) mass is 1230 g/mol. The number of morpholine rings is 1. The highest BCUT2D eigenvalue weighted by Crippen LogP contribution is 2.45. The van der Waals surface area contributed by atoms with Crippen LogP contribution in [0.4, 0.5) is 39.8 Å². The van der Waals surface area contributed by atoms with Crippen LogP contribution in [0.3, 0.4) is 0 Å². The van der Waals surface area contributed by atoms with E-state index in [4.69, 9.17) is 18.9 Å². The van der Waals surface area contributed by atoms with E-state index < -0.39 is 87.6 Å². The molecule has 5 aliphatic rings. The predicted molar refractivity (Wildman–Crippen MR) is 328 cm³/mol. The number of carbonyl (C=O) groups excluding carboxylic acids is 7. The summed E-state index contributed by atoms with van der Waals surface area (Å²) >= 11 is 0. The standard InChI is InChI=1S/C67H85F3N8O11/c1-40-33-75(49(35-74-25-28-87-38-41(74)2)36-76(40)64(85)89-66(7,8)9)37-57(80)78-39-67(10,52-22-17-44(30-55(52)78)29-43-15-19-47(68)20-16-43)62(83)71-48-21-18-46-34-77(59(50(46)31-48)60(81)72-58-53(69)13-12-14-54(58)70)61(82)51(45-23-26-86-27-24-45)32-56(79)42(3)73(11)63(84)88-65(4,5)6/h12-22,30-31,40-42,45,49,51,59H,23-29,32-39H2,1-11H3,(H,71,83)(H,72,81)/t40-,41-,42+,49+,51+,59+,67-/m1/s1. The van der Waals surface area contributed by atoms with Gasteiger partial charge in [-0.25, -0.2) is 22.8 Å². The Kier molecular flexibility index (Phi) is 20.0. The first-order valence-corrected chi connectivity index (χ1v) is 30.8. The number of carbonyl (C=O) groups is 7. The molecule has 4 aromatic carbocycles. The van der Waals surface area contributed by atoms with Crippen LogP contribution in [0.15, 0.2) is 78.9 Å². The van der Waals surface area contributed by atoms with E-state index in [1.165, 1.54) is 29.0 Å². The SMILES string of the molecule is C[C@@H]1COCCN1C[C@H]1CN(C(=O)OC(C)(C)C)[C@H](C)CN1CC(=O)N1C[C@@](C)(C(=O)Nc2ccc3c(c2)[C@@H](C(=O)Nc2c(F)cccc2F)N(C(=O)[C@@H](CC(=O)[C@H](C)N(C)C(=O)OC(C)(C)C)C2CCOCC2)C3)c2ccc(Cc3ccc(F)cc3)cc21. The summed E-state index contributed by atoms with van der Waals surface area (Å²) in [6.45, 7) is 21.2. The molecule has 480 valence electrons. The summed E-state index contributed by atoms with van der Waals surface area (Å²) in [6.07, 6.45) is -0.260. The van der Waals surface area contributed by atoms with Crippen molar-refractivity contribution in [2.45, 2.75) is 148 Å². The lowest BCUT2D eigenvalue weighted by molar-refractivity contribution is -0.147. The van der Waals surface area contributed by atoms with E-state index in [9.17, 15) is 23.6 Å². The highest BCUT2D eigenvalue weighted by molar-refractivity contribution is 6.07. The molecule has 0 radical (unpaired) electrons. The molecule has 0 aliphatic carbocycles. The predicted octanol–water partition coefficient (Wildman–Crippen LogP) is 9.25. The third-order valence-corrected chi connectivity index (χ3v) is 17.8. The summed E-state index contributed by atoms with van der Waals surface area (Å²) in [7, 11) is 1.44. The number of piperazine rings is 1. The van der Waals surface area contributed by atoms with Crippen molar-refractivity contribution in [3.63, 3.8) is 0 Å². The third-order valence-electron chi connectivity index (χ3n) is 17.8. The van der Waals surface area contributed by atoms with Gasteiger partial charge < -0.3 is 49.2 Å². The molecule has 0 unspecified atom stereocenters. The lowest BCUT2D eigenvalue weighted by atomic mass is 9.80. The topological polar surface area (TPSA) is 200 Å². The average Bonchev–Trinajstić information content (AvgIpc) is 1.64. The number of ketones is 1. The van der Waals surface area contributed by atoms with Gasteiger partial charge >= 0.3 is 12.2 Å². The molecule has 5 aliphatic heterocycles. The molecule has 6 amide bonds. The van der Waals surface area contributed by atoms with Gasteiger partial charge in [-0.05, 0) is 165 Å². The fraction of sp³-hybridized carbons (Fsp3) is 0.537. The number of hydrogen-bond donors (Lipinski definition) is 2. The minimum absolute atomic E-state index is 0.0544. The fourth-order valence-corrected chi connectivity index (χ4v) is 12.7. The largest absolute Gasteiger partial charge is 0.444 e. The Morgan fingerprint density at radius 3 is 2.11 bits per heavy atom. The number of Topliss-reactive ketones (excluding diaryl/α,β-unsaturated/α-hetero) is 1. The Bertz CT molecular complexity index is 3290. The van der Waals surface area contributed by atoms with Gasteiger partial charge in [-0.2, -0.15) is 0 Å². The van der Waals surface area contributed by atoms with Gasteiger partial charge in [0, 0.05) is 101 Å². The molecule has 89 heavy (non-hydrogen) atoms. The summed E-state index contributed by atoms with van der Waals surface area (Å²) in [5, 5.41) is 5.46. The van der Waals surface area contributed by atoms with Crippen LogP contribution >= 0.6 is 0 Å². The Labute approximate surface area is 519 Å². The van der Waals surface area contributed by atoms with Crippen molar-refractivity contribution < 1.29 is 65.7 Å². The van der Waals surface area contributed by atoms with Crippen LogP contribution in [0.25, 0.3) is 0 Å². The summed E-state index contributed by atoms with van der Waals surface area (Å²) < 4.78 is 67.6. The van der Waals surface area contributed by atoms with E-state index in [0.29, 0.717) is 88.7 Å². The molecule has 19 nitrogen and oxygen atoms in total. The number of para-hydroxylation sites is 1. The molecular weight excluding hydrogens is 1150 g/mol. The van der Waals surface area contributed by atoms with E-state index >= 15 is 23.2 Å². The highest BCUT2D eigenvalue weighted by atomic mass is 19.1. The van der Waals surface area contributed by atoms with Crippen LogP contribution in [-0.2, 0) is 61.3 Å². The normalized spacial score (nSPS) is 22.4. The first-order valence-electron chi connectivity index (χ1n) is 30.8. The molecule has 9 rings (SSSR count). The Hall–Kier alpha value is -7.40. The summed E-state index contributed by atoms with van der Waals surface area (Å²) in [5.41, 5.74) is -0.0569. The molecule has 3 fully saturated rings. The second kappa shape index (κ2) is 27.0. The zero-order chi connectivity index (χ0) is 64.4. The number of rotatable bonds is 16. The van der Waals surface area contributed by atoms with Gasteiger partial charge in [0.05, 0.1) is 31.2 Å². The maximum absolute atomic E-state index is 15.4.